The lowest BCUT2D eigenvalue weighted by Gasteiger charge is -2.75. The summed E-state index contributed by atoms with van der Waals surface area (Å²) in [5.41, 5.74) is -3.87. The van der Waals surface area contributed by atoms with Crippen LogP contribution in [0.1, 0.15) is 106 Å². The highest BCUT2D eigenvalue weighted by Gasteiger charge is 2.83. The van der Waals surface area contributed by atoms with Crippen LogP contribution < -0.4 is 0 Å². The Morgan fingerprint density at radius 2 is 1.08 bits per heavy atom. The van der Waals surface area contributed by atoms with Gasteiger partial charge in [-0.15, -0.1) is 0 Å². The Morgan fingerprint density at radius 1 is 0.493 bits per heavy atom. The number of aliphatic hydroxyl groups excluding tert-OH is 14. The zero-order valence-electron chi connectivity index (χ0n) is 44.1. The summed E-state index contributed by atoms with van der Waals surface area (Å²) in [4.78, 5) is 0. The second-order valence-corrected chi connectivity index (χ2v) is 26.4. The summed E-state index contributed by atoms with van der Waals surface area (Å²) < 4.78 is 55.6. The molecule has 10 fully saturated rings. The first-order valence-corrected chi connectivity index (χ1v) is 27.3. The van der Waals surface area contributed by atoms with Gasteiger partial charge in [-0.05, 0) is 91.3 Å². The van der Waals surface area contributed by atoms with Gasteiger partial charge in [0.15, 0.2) is 31.5 Å². The standard InChI is InChI=1S/C52H86O23/c1-46(2)14-27-51-13-9-26-48(5)11-10-30(47(3,4)25(48)8-12-49(26,6)50(51,7)16-29(57)52(27,28(56)15-46)45(66)75-51)72-43-39(74-42-38(65)35(62)32(59)22(17-53)69-42)34(61)24(20-68-43)71-44-40(36(63)33(60)23(18-54)70-44)73-41-37(64)31(58)21(55)19-67-41/h21-45,53-66H,8-20H2,1-7H3/t21-,22-,23-,24+,25+,26-,27+,28+,29-,30+,31+,32-,33-,34+,35+,36+,37-,38-,39-,40-,41+,42+,43+,44+,45+,48+,49-,50+,51+,52+/m1/s1. The molecule has 2 bridgehead atoms. The fourth-order valence-corrected chi connectivity index (χ4v) is 17.7. The Hall–Kier alpha value is -0.920. The van der Waals surface area contributed by atoms with E-state index >= 15 is 0 Å². The predicted octanol–water partition coefficient (Wildman–Crippen LogP) is -2.78. The Bertz CT molecular complexity index is 2040. The summed E-state index contributed by atoms with van der Waals surface area (Å²) in [6.45, 7) is 13.1. The molecule has 5 aliphatic carbocycles. The summed E-state index contributed by atoms with van der Waals surface area (Å²) in [7, 11) is 0. The SMILES string of the molecule is CC1(C)C[C@@H]2[C@@]3([C@H](O)C[C@]4(C)[C@@]2(CC[C@@H]2[C@@]5(C)CC[C@H](O[C@@H]6OC[C@H](O[C@@H]7O[C@H](CO)[C@@H](O)[C@H](O)[C@H]7O[C@@H]7OC[C@@H](O)[C@H](O)[C@H]7O)[C@H](O)[C@H]6O[C@@H]6O[C@H](CO)[C@@H](O)[C@H](O)[C@H]6O)C(C)(C)[C@@H]5CC[C@]24C)O[C@@H]3O)[C@@H](O)C1. The number of hydrogen-bond acceptors (Lipinski definition) is 23. The molecular formula is C52H86O23. The van der Waals surface area contributed by atoms with Crippen LogP contribution in [0.15, 0.2) is 0 Å². The van der Waals surface area contributed by atoms with E-state index in [1.54, 1.807) is 0 Å². The molecule has 5 saturated carbocycles. The van der Waals surface area contributed by atoms with E-state index in [0.717, 1.165) is 25.7 Å². The lowest BCUT2D eigenvalue weighted by atomic mass is 9.30. The van der Waals surface area contributed by atoms with Gasteiger partial charge in [-0.3, -0.25) is 0 Å². The molecule has 10 aliphatic rings. The highest BCUT2D eigenvalue weighted by molar-refractivity contribution is 5.30. The van der Waals surface area contributed by atoms with Gasteiger partial charge >= 0.3 is 0 Å². The molecule has 0 aromatic rings. The summed E-state index contributed by atoms with van der Waals surface area (Å²) in [5, 5.41) is 154. The zero-order chi connectivity index (χ0) is 54.5. The minimum atomic E-state index is -1.90. The largest absolute Gasteiger partial charge is 0.394 e. The van der Waals surface area contributed by atoms with Crippen LogP contribution in [-0.4, -0.2) is 239 Å². The molecule has 23 nitrogen and oxygen atoms in total. The van der Waals surface area contributed by atoms with Gasteiger partial charge in [0, 0.05) is 11.3 Å². The summed E-state index contributed by atoms with van der Waals surface area (Å²) >= 11 is 0. The van der Waals surface area contributed by atoms with Crippen LogP contribution in [-0.2, 0) is 42.6 Å². The summed E-state index contributed by atoms with van der Waals surface area (Å²) in [6.07, 6.45) is -28.0. The van der Waals surface area contributed by atoms with Crippen molar-refractivity contribution in [3.8, 4) is 0 Å². The molecule has 0 aromatic carbocycles. The molecule has 5 aliphatic heterocycles. The van der Waals surface area contributed by atoms with E-state index in [1.807, 2.05) is 0 Å². The third-order valence-corrected chi connectivity index (χ3v) is 21.9. The van der Waals surface area contributed by atoms with Crippen molar-refractivity contribution in [1.82, 2.24) is 0 Å². The number of rotatable bonds is 10. The summed E-state index contributed by atoms with van der Waals surface area (Å²) in [6, 6.07) is 0. The quantitative estimate of drug-likeness (QED) is 0.0984. The van der Waals surface area contributed by atoms with Gasteiger partial charge in [0.2, 0.25) is 0 Å². The van der Waals surface area contributed by atoms with Crippen LogP contribution in [0, 0.1) is 50.2 Å². The zero-order valence-corrected chi connectivity index (χ0v) is 44.1. The van der Waals surface area contributed by atoms with Crippen molar-refractivity contribution in [2.45, 2.75) is 247 Å². The number of fused-ring (bicyclic) bond motifs is 4. The average Bonchev–Trinajstić information content (AvgIpc) is 3.58. The molecule has 5 saturated heterocycles. The van der Waals surface area contributed by atoms with Crippen LogP contribution in [0.4, 0.5) is 0 Å². The van der Waals surface area contributed by atoms with E-state index in [4.69, 9.17) is 42.6 Å². The van der Waals surface area contributed by atoms with Gasteiger partial charge in [-0.2, -0.15) is 0 Å². The molecule has 5 heterocycles. The van der Waals surface area contributed by atoms with Gasteiger partial charge in [0.25, 0.3) is 0 Å². The molecule has 0 radical (unpaired) electrons. The van der Waals surface area contributed by atoms with Gasteiger partial charge in [0.05, 0.1) is 55.8 Å². The molecule has 432 valence electrons. The first-order chi connectivity index (χ1) is 35.1. The minimum absolute atomic E-state index is 0.0738. The Labute approximate surface area is 436 Å². The van der Waals surface area contributed by atoms with Crippen molar-refractivity contribution in [2.75, 3.05) is 26.4 Å². The Kier molecular flexibility index (Phi) is 15.2. The van der Waals surface area contributed by atoms with Crippen molar-refractivity contribution in [3.05, 3.63) is 0 Å². The maximum atomic E-state index is 12.4. The average molecular weight is 1080 g/mol. The molecule has 1 spiro atoms. The highest BCUT2D eigenvalue weighted by atomic mass is 16.8. The number of ether oxygens (including phenoxy) is 9. The maximum absolute atomic E-state index is 12.4. The van der Waals surface area contributed by atoms with Crippen molar-refractivity contribution >= 4 is 0 Å². The fraction of sp³-hybridized carbons (Fsp3) is 1.00. The second-order valence-electron chi connectivity index (χ2n) is 26.4. The highest BCUT2D eigenvalue weighted by Crippen LogP contribution is 2.81. The van der Waals surface area contributed by atoms with Crippen LogP contribution >= 0.6 is 0 Å². The van der Waals surface area contributed by atoms with Gasteiger partial charge in [-0.1, -0.05) is 48.5 Å². The normalized spacial score (nSPS) is 58.3. The molecule has 14 N–H and O–H groups in total. The van der Waals surface area contributed by atoms with E-state index in [9.17, 15) is 71.5 Å². The monoisotopic (exact) mass is 1080 g/mol. The first kappa shape index (κ1) is 57.3. The van der Waals surface area contributed by atoms with Crippen molar-refractivity contribution in [3.63, 3.8) is 0 Å². The molecule has 75 heavy (non-hydrogen) atoms. The van der Waals surface area contributed by atoms with Crippen molar-refractivity contribution in [2.24, 2.45) is 50.2 Å². The van der Waals surface area contributed by atoms with E-state index < -0.39 is 183 Å². The molecule has 10 rings (SSSR count). The number of aliphatic hydroxyl groups is 14. The topological polar surface area (TPSA) is 366 Å². The lowest BCUT2D eigenvalue weighted by Crippen LogP contribution is -2.75. The van der Waals surface area contributed by atoms with Gasteiger partial charge < -0.3 is 114 Å². The molecule has 0 aromatic heterocycles. The van der Waals surface area contributed by atoms with Gasteiger partial charge in [-0.25, -0.2) is 0 Å². The summed E-state index contributed by atoms with van der Waals surface area (Å²) in [5.74, 6) is -0.00691. The van der Waals surface area contributed by atoms with E-state index in [1.165, 1.54) is 0 Å². The first-order valence-electron chi connectivity index (χ1n) is 27.3. The Balaban J connectivity index is 0.906. The third kappa shape index (κ3) is 8.45. The third-order valence-electron chi connectivity index (χ3n) is 21.9. The fourth-order valence-electron chi connectivity index (χ4n) is 17.7. The molecule has 0 amide bonds. The van der Waals surface area contributed by atoms with Crippen molar-refractivity contribution < 1.29 is 114 Å². The molecule has 30 atom stereocenters. The van der Waals surface area contributed by atoms with E-state index in [-0.39, 0.29) is 34.0 Å². The maximum Gasteiger partial charge on any atom is 0.187 e. The van der Waals surface area contributed by atoms with Crippen LogP contribution in [0.25, 0.3) is 0 Å². The molecular weight excluding hydrogens is 993 g/mol. The smallest absolute Gasteiger partial charge is 0.187 e. The molecule has 0 unspecified atom stereocenters. The van der Waals surface area contributed by atoms with Gasteiger partial charge in [0.1, 0.15) is 85.5 Å². The van der Waals surface area contributed by atoms with E-state index in [2.05, 4.69) is 48.5 Å². The minimum Gasteiger partial charge on any atom is -0.394 e. The van der Waals surface area contributed by atoms with Crippen LogP contribution in [0.3, 0.4) is 0 Å². The lowest BCUT2D eigenvalue weighted by molar-refractivity contribution is -0.392. The second kappa shape index (κ2) is 19.9. The number of hydrogen-bond donors (Lipinski definition) is 14. The Morgan fingerprint density at radius 3 is 1.76 bits per heavy atom. The molecule has 23 heteroatoms. The van der Waals surface area contributed by atoms with E-state index in [0.29, 0.717) is 32.1 Å². The predicted molar refractivity (Wildman–Crippen MR) is 253 cm³/mol. The van der Waals surface area contributed by atoms with Crippen molar-refractivity contribution in [1.29, 1.82) is 0 Å². The van der Waals surface area contributed by atoms with Crippen LogP contribution in [0.5, 0.6) is 0 Å². The van der Waals surface area contributed by atoms with Crippen LogP contribution in [0.2, 0.25) is 0 Å².